The second-order valence-corrected chi connectivity index (χ2v) is 4.26. The summed E-state index contributed by atoms with van der Waals surface area (Å²) in [6, 6.07) is 5.25. The highest BCUT2D eigenvalue weighted by atomic mass is 32.1. The van der Waals surface area contributed by atoms with E-state index in [-0.39, 0.29) is 0 Å². The van der Waals surface area contributed by atoms with Crippen LogP contribution in [0, 0.1) is 0 Å². The van der Waals surface area contributed by atoms with Crippen molar-refractivity contribution in [2.75, 3.05) is 7.11 Å². The topological polar surface area (TPSA) is 52.1 Å². The maximum atomic E-state index is 11.4. The quantitative estimate of drug-likeness (QED) is 0.783. The van der Waals surface area contributed by atoms with E-state index in [1.807, 2.05) is 11.4 Å². The van der Waals surface area contributed by atoms with Gasteiger partial charge in [0.05, 0.1) is 18.5 Å². The van der Waals surface area contributed by atoms with Gasteiger partial charge in [0, 0.05) is 5.38 Å². The van der Waals surface area contributed by atoms with Crippen LogP contribution in [0.1, 0.15) is 23.1 Å². The van der Waals surface area contributed by atoms with Crippen LogP contribution < -0.4 is 0 Å². The molecule has 2 aromatic heterocycles. The van der Waals surface area contributed by atoms with Crippen LogP contribution in [0.5, 0.6) is 0 Å². The third-order valence-electron chi connectivity index (χ3n) is 2.28. The number of carbonyl (C=O) groups is 1. The number of ether oxygens (including phenoxy) is 1. The zero-order chi connectivity index (χ0) is 12.3. The summed E-state index contributed by atoms with van der Waals surface area (Å²) < 4.78 is 4.64. The van der Waals surface area contributed by atoms with Crippen LogP contribution in [0.3, 0.4) is 0 Å². The molecule has 5 heteroatoms. The van der Waals surface area contributed by atoms with Gasteiger partial charge in [-0.15, -0.1) is 11.3 Å². The van der Waals surface area contributed by atoms with E-state index >= 15 is 0 Å². The van der Waals surface area contributed by atoms with Crippen molar-refractivity contribution in [1.82, 2.24) is 9.97 Å². The fourth-order valence-electron chi connectivity index (χ4n) is 1.36. The van der Waals surface area contributed by atoms with E-state index in [4.69, 9.17) is 0 Å². The number of methoxy groups -OCH3 is 1. The van der Waals surface area contributed by atoms with E-state index in [0.717, 1.165) is 17.1 Å². The Morgan fingerprint density at radius 3 is 2.88 bits per heavy atom. The number of esters is 1. The van der Waals surface area contributed by atoms with Crippen molar-refractivity contribution in [2.24, 2.45) is 0 Å². The molecular weight excluding hydrogens is 236 g/mol. The maximum absolute atomic E-state index is 11.4. The molecule has 2 heterocycles. The Balaban J connectivity index is 2.35. The first-order valence-electron chi connectivity index (χ1n) is 5.24. The van der Waals surface area contributed by atoms with Gasteiger partial charge in [-0.05, 0) is 18.6 Å². The molecule has 0 spiro atoms. The van der Waals surface area contributed by atoms with Gasteiger partial charge in [-0.25, -0.2) is 14.8 Å². The lowest BCUT2D eigenvalue weighted by Crippen LogP contribution is -2.04. The molecule has 0 amide bonds. The first kappa shape index (κ1) is 11.7. The molecule has 0 radical (unpaired) electrons. The second-order valence-electron chi connectivity index (χ2n) is 3.40. The normalized spacial score (nSPS) is 10.2. The van der Waals surface area contributed by atoms with Crippen LogP contribution >= 0.6 is 11.3 Å². The fraction of sp³-hybridized carbons (Fsp3) is 0.250. The zero-order valence-electron chi connectivity index (χ0n) is 9.64. The highest BCUT2D eigenvalue weighted by Gasteiger charge is 2.10. The van der Waals surface area contributed by atoms with Gasteiger partial charge in [0.25, 0.3) is 0 Å². The van der Waals surface area contributed by atoms with Gasteiger partial charge < -0.3 is 4.74 Å². The summed E-state index contributed by atoms with van der Waals surface area (Å²) in [5.41, 5.74) is 2.05. The van der Waals surface area contributed by atoms with E-state index in [9.17, 15) is 4.79 Å². The standard InChI is InChI=1S/C12H12N2O2S/c1-3-8-7-17-11(13-8)9-5-4-6-10(14-9)12(15)16-2/h4-7H,3H2,1-2H3. The molecule has 0 N–H and O–H groups in total. The highest BCUT2D eigenvalue weighted by Crippen LogP contribution is 2.22. The zero-order valence-corrected chi connectivity index (χ0v) is 10.5. The minimum Gasteiger partial charge on any atom is -0.464 e. The fourth-order valence-corrected chi connectivity index (χ4v) is 2.23. The molecule has 88 valence electrons. The van der Waals surface area contributed by atoms with Crippen LogP contribution in [-0.2, 0) is 11.2 Å². The molecule has 0 aliphatic rings. The molecule has 2 rings (SSSR count). The summed E-state index contributed by atoms with van der Waals surface area (Å²) in [7, 11) is 1.34. The summed E-state index contributed by atoms with van der Waals surface area (Å²) in [4.78, 5) is 20.0. The van der Waals surface area contributed by atoms with Gasteiger partial charge in [-0.2, -0.15) is 0 Å². The Kier molecular flexibility index (Phi) is 3.49. The molecule has 0 aliphatic carbocycles. The third-order valence-corrected chi connectivity index (χ3v) is 3.19. The van der Waals surface area contributed by atoms with Crippen molar-refractivity contribution in [3.05, 3.63) is 35.0 Å². The summed E-state index contributed by atoms with van der Waals surface area (Å²) in [6.45, 7) is 2.05. The first-order valence-corrected chi connectivity index (χ1v) is 6.12. The molecule has 0 aliphatic heterocycles. The molecule has 4 nitrogen and oxygen atoms in total. The molecule has 2 aromatic rings. The lowest BCUT2D eigenvalue weighted by atomic mass is 10.3. The van der Waals surface area contributed by atoms with E-state index in [0.29, 0.717) is 11.4 Å². The Morgan fingerprint density at radius 2 is 2.24 bits per heavy atom. The lowest BCUT2D eigenvalue weighted by Gasteiger charge is -2.00. The van der Waals surface area contributed by atoms with Gasteiger partial charge in [0.15, 0.2) is 0 Å². The molecule has 17 heavy (non-hydrogen) atoms. The van der Waals surface area contributed by atoms with E-state index < -0.39 is 5.97 Å². The van der Waals surface area contributed by atoms with Crippen molar-refractivity contribution in [1.29, 1.82) is 0 Å². The van der Waals surface area contributed by atoms with Crippen molar-refractivity contribution >= 4 is 17.3 Å². The van der Waals surface area contributed by atoms with Crippen molar-refractivity contribution in [2.45, 2.75) is 13.3 Å². The second kappa shape index (κ2) is 5.05. The maximum Gasteiger partial charge on any atom is 0.356 e. The minimum absolute atomic E-state index is 0.304. The number of thiazole rings is 1. The summed E-state index contributed by atoms with van der Waals surface area (Å²) in [6.07, 6.45) is 0.896. The van der Waals surface area contributed by atoms with Crippen LogP contribution in [-0.4, -0.2) is 23.0 Å². The molecule has 0 fully saturated rings. The van der Waals surface area contributed by atoms with Gasteiger partial charge in [-0.3, -0.25) is 0 Å². The highest BCUT2D eigenvalue weighted by molar-refractivity contribution is 7.13. The molecule has 0 saturated heterocycles. The predicted octanol–water partition coefficient (Wildman–Crippen LogP) is 2.55. The minimum atomic E-state index is -0.431. The number of nitrogens with zero attached hydrogens (tertiary/aromatic N) is 2. The Hall–Kier alpha value is -1.75. The summed E-state index contributed by atoms with van der Waals surface area (Å²) >= 11 is 1.53. The molecular formula is C12H12N2O2S. The molecule has 0 unspecified atom stereocenters. The summed E-state index contributed by atoms with van der Waals surface area (Å²) in [5.74, 6) is -0.431. The molecule has 0 aromatic carbocycles. The van der Waals surface area contributed by atoms with E-state index in [2.05, 4.69) is 21.6 Å². The summed E-state index contributed by atoms with van der Waals surface area (Å²) in [5, 5.41) is 2.83. The number of aromatic nitrogens is 2. The van der Waals surface area contributed by atoms with Gasteiger partial charge >= 0.3 is 5.97 Å². The number of hydrogen-bond acceptors (Lipinski definition) is 5. The molecule has 0 bridgehead atoms. The SMILES string of the molecule is CCc1csc(-c2cccc(C(=O)OC)n2)n1. The third kappa shape index (κ3) is 2.50. The van der Waals surface area contributed by atoms with Gasteiger partial charge in [-0.1, -0.05) is 13.0 Å². The first-order chi connectivity index (χ1) is 8.24. The van der Waals surface area contributed by atoms with Crippen molar-refractivity contribution < 1.29 is 9.53 Å². The molecule has 0 saturated carbocycles. The average molecular weight is 248 g/mol. The van der Waals surface area contributed by atoms with Gasteiger partial charge in [0.1, 0.15) is 10.7 Å². The molecule has 0 atom stereocenters. The Labute approximate surface area is 103 Å². The smallest absolute Gasteiger partial charge is 0.356 e. The number of aryl methyl sites for hydroxylation is 1. The lowest BCUT2D eigenvalue weighted by molar-refractivity contribution is 0.0594. The monoisotopic (exact) mass is 248 g/mol. The van der Waals surface area contributed by atoms with Crippen LogP contribution in [0.15, 0.2) is 23.6 Å². The van der Waals surface area contributed by atoms with Crippen molar-refractivity contribution in [3.63, 3.8) is 0 Å². The number of rotatable bonds is 3. The predicted molar refractivity (Wildman–Crippen MR) is 66.1 cm³/mol. The van der Waals surface area contributed by atoms with Crippen LogP contribution in [0.4, 0.5) is 0 Å². The van der Waals surface area contributed by atoms with E-state index in [1.54, 1.807) is 12.1 Å². The van der Waals surface area contributed by atoms with Crippen LogP contribution in [0.2, 0.25) is 0 Å². The average Bonchev–Trinajstić information content (AvgIpc) is 2.86. The number of hydrogen-bond donors (Lipinski definition) is 0. The van der Waals surface area contributed by atoms with Crippen molar-refractivity contribution in [3.8, 4) is 10.7 Å². The van der Waals surface area contributed by atoms with Crippen LogP contribution in [0.25, 0.3) is 10.7 Å². The van der Waals surface area contributed by atoms with E-state index in [1.165, 1.54) is 18.4 Å². The van der Waals surface area contributed by atoms with Gasteiger partial charge in [0.2, 0.25) is 0 Å². The Bertz CT molecular complexity index is 537. The number of pyridine rings is 1. The Morgan fingerprint density at radius 1 is 1.41 bits per heavy atom. The number of carbonyl (C=O) groups excluding carboxylic acids is 1. The largest absolute Gasteiger partial charge is 0.464 e.